The second-order valence-corrected chi connectivity index (χ2v) is 8.34. The van der Waals surface area contributed by atoms with Crippen molar-refractivity contribution < 1.29 is 9.59 Å². The Hall–Kier alpha value is -4.23. The SMILES string of the molecule is CN1C(=O)C(NC(=O)C(N)Cc2c[nH]c3ccccc23)N=C(c2ccccc2)c2ccccc21. The fourth-order valence-electron chi connectivity index (χ4n) is 4.31. The van der Waals surface area contributed by atoms with Crippen molar-refractivity contribution in [2.75, 3.05) is 11.9 Å². The number of carbonyl (C=O) groups excluding carboxylic acids is 2. The first-order chi connectivity index (χ1) is 16.5. The molecule has 2 unspecified atom stereocenters. The fraction of sp³-hybridized carbons (Fsp3) is 0.148. The Morgan fingerprint density at radius 2 is 1.76 bits per heavy atom. The fourth-order valence-corrected chi connectivity index (χ4v) is 4.31. The summed E-state index contributed by atoms with van der Waals surface area (Å²) in [6.45, 7) is 0. The molecule has 4 aromatic rings. The minimum Gasteiger partial charge on any atom is -0.361 e. The number of hydrogen-bond donors (Lipinski definition) is 3. The quantitative estimate of drug-likeness (QED) is 0.435. The molecule has 2 atom stereocenters. The van der Waals surface area contributed by atoms with Gasteiger partial charge in [-0.3, -0.25) is 9.59 Å². The number of para-hydroxylation sites is 2. The average molecular weight is 452 g/mol. The van der Waals surface area contributed by atoms with Gasteiger partial charge in [0, 0.05) is 35.3 Å². The van der Waals surface area contributed by atoms with E-state index >= 15 is 0 Å². The van der Waals surface area contributed by atoms with Gasteiger partial charge < -0.3 is 20.9 Å². The molecule has 1 aliphatic rings. The van der Waals surface area contributed by atoms with E-state index in [1.54, 1.807) is 7.05 Å². The van der Waals surface area contributed by atoms with Crippen molar-refractivity contribution >= 4 is 34.1 Å². The first kappa shape index (κ1) is 21.6. The van der Waals surface area contributed by atoms with E-state index in [-0.39, 0.29) is 5.91 Å². The summed E-state index contributed by atoms with van der Waals surface area (Å²) < 4.78 is 0. The molecule has 2 heterocycles. The van der Waals surface area contributed by atoms with Crippen LogP contribution in [0.25, 0.3) is 10.9 Å². The number of nitrogens with zero attached hydrogens (tertiary/aromatic N) is 2. The lowest BCUT2D eigenvalue weighted by atomic mass is 10.0. The van der Waals surface area contributed by atoms with Crippen molar-refractivity contribution in [1.82, 2.24) is 10.3 Å². The minimum absolute atomic E-state index is 0.328. The lowest BCUT2D eigenvalue weighted by molar-refractivity contribution is -0.128. The monoisotopic (exact) mass is 451 g/mol. The molecule has 0 radical (unpaired) electrons. The molecular formula is C27H25N5O2. The summed E-state index contributed by atoms with van der Waals surface area (Å²) in [5.41, 5.74) is 11.3. The standard InChI is InChI=1S/C27H25N5O2/c1-32-23-14-8-6-12-20(23)24(17-9-3-2-4-10-17)30-25(27(32)34)31-26(33)21(28)15-18-16-29-22-13-7-5-11-19(18)22/h2-14,16,21,25,29H,15,28H2,1H3,(H,31,33). The molecule has 7 nitrogen and oxygen atoms in total. The molecule has 170 valence electrons. The predicted molar refractivity (Wildman–Crippen MR) is 134 cm³/mol. The van der Waals surface area contributed by atoms with Crippen LogP contribution >= 0.6 is 0 Å². The smallest absolute Gasteiger partial charge is 0.272 e. The minimum atomic E-state index is -1.09. The van der Waals surface area contributed by atoms with Crippen molar-refractivity contribution in [3.8, 4) is 0 Å². The second-order valence-electron chi connectivity index (χ2n) is 8.34. The average Bonchev–Trinajstić information content (AvgIpc) is 3.24. The number of carbonyl (C=O) groups is 2. The molecule has 0 aliphatic carbocycles. The third-order valence-electron chi connectivity index (χ3n) is 6.12. The van der Waals surface area contributed by atoms with E-state index in [1.165, 1.54) is 4.90 Å². The summed E-state index contributed by atoms with van der Waals surface area (Å²) in [5.74, 6) is -0.759. The number of H-pyrrole nitrogens is 1. The number of hydrogen-bond acceptors (Lipinski definition) is 4. The van der Waals surface area contributed by atoms with E-state index in [4.69, 9.17) is 10.7 Å². The Balaban J connectivity index is 1.44. The highest BCUT2D eigenvalue weighted by Gasteiger charge is 2.32. The number of amides is 2. The van der Waals surface area contributed by atoms with Gasteiger partial charge in [0.15, 0.2) is 0 Å². The van der Waals surface area contributed by atoms with Crippen LogP contribution in [0, 0.1) is 0 Å². The number of likely N-dealkylation sites (N-methyl/N-ethyl adjacent to an activating group) is 1. The van der Waals surface area contributed by atoms with Crippen LogP contribution in [0.3, 0.4) is 0 Å². The number of aliphatic imine (C=N–C) groups is 1. The van der Waals surface area contributed by atoms with Crippen LogP contribution in [-0.2, 0) is 16.0 Å². The predicted octanol–water partition coefficient (Wildman–Crippen LogP) is 2.99. The maximum atomic E-state index is 13.3. The summed E-state index contributed by atoms with van der Waals surface area (Å²) >= 11 is 0. The lowest BCUT2D eigenvalue weighted by Crippen LogP contribution is -2.51. The van der Waals surface area contributed by atoms with Gasteiger partial charge in [-0.05, 0) is 24.1 Å². The van der Waals surface area contributed by atoms with Crippen LogP contribution in [-0.4, -0.2) is 41.8 Å². The van der Waals surface area contributed by atoms with Gasteiger partial charge in [-0.15, -0.1) is 0 Å². The van der Waals surface area contributed by atoms with Gasteiger partial charge in [-0.25, -0.2) is 4.99 Å². The molecule has 5 rings (SSSR count). The maximum absolute atomic E-state index is 13.3. The van der Waals surface area contributed by atoms with Crippen LogP contribution in [0.1, 0.15) is 16.7 Å². The highest BCUT2D eigenvalue weighted by molar-refractivity contribution is 6.20. The molecular weight excluding hydrogens is 426 g/mol. The molecule has 0 saturated heterocycles. The number of nitrogens with two attached hydrogens (primary N) is 1. The summed E-state index contributed by atoms with van der Waals surface area (Å²) in [4.78, 5) is 35.8. The molecule has 2 amide bonds. The Morgan fingerprint density at radius 1 is 1.06 bits per heavy atom. The normalized spacial score (nSPS) is 16.5. The van der Waals surface area contributed by atoms with Gasteiger partial charge in [0.25, 0.3) is 5.91 Å². The van der Waals surface area contributed by atoms with Gasteiger partial charge in [0.2, 0.25) is 12.1 Å². The number of aromatic nitrogens is 1. The number of nitrogens with one attached hydrogen (secondary N) is 2. The summed E-state index contributed by atoms with van der Waals surface area (Å²) in [7, 11) is 1.69. The van der Waals surface area contributed by atoms with Gasteiger partial charge in [0.1, 0.15) is 0 Å². The number of aromatic amines is 1. The van der Waals surface area contributed by atoms with Crippen molar-refractivity contribution in [2.24, 2.45) is 10.7 Å². The molecule has 4 N–H and O–H groups in total. The second kappa shape index (κ2) is 8.96. The molecule has 0 saturated carbocycles. The number of anilines is 1. The first-order valence-corrected chi connectivity index (χ1v) is 11.1. The van der Waals surface area contributed by atoms with Crippen molar-refractivity contribution in [3.63, 3.8) is 0 Å². The topological polar surface area (TPSA) is 104 Å². The number of benzodiazepines with no additional fused rings is 1. The van der Waals surface area contributed by atoms with E-state index < -0.39 is 18.1 Å². The molecule has 0 spiro atoms. The molecule has 7 heteroatoms. The number of rotatable bonds is 5. The first-order valence-electron chi connectivity index (χ1n) is 11.1. The molecule has 3 aromatic carbocycles. The van der Waals surface area contributed by atoms with E-state index in [0.29, 0.717) is 12.1 Å². The summed E-state index contributed by atoms with van der Waals surface area (Å²) in [6, 6.07) is 24.2. The van der Waals surface area contributed by atoms with E-state index in [2.05, 4.69) is 10.3 Å². The third kappa shape index (κ3) is 3.97. The zero-order valence-electron chi connectivity index (χ0n) is 18.7. The number of benzene rings is 3. The summed E-state index contributed by atoms with van der Waals surface area (Å²) in [5, 5.41) is 3.81. The van der Waals surface area contributed by atoms with Crippen molar-refractivity contribution in [3.05, 3.63) is 102 Å². The van der Waals surface area contributed by atoms with Crippen LogP contribution in [0.4, 0.5) is 5.69 Å². The zero-order chi connectivity index (χ0) is 23.7. The highest BCUT2D eigenvalue weighted by Crippen LogP contribution is 2.27. The van der Waals surface area contributed by atoms with Crippen LogP contribution in [0.15, 0.2) is 90.1 Å². The lowest BCUT2D eigenvalue weighted by Gasteiger charge is -2.22. The third-order valence-corrected chi connectivity index (χ3v) is 6.12. The van der Waals surface area contributed by atoms with Crippen LogP contribution < -0.4 is 16.0 Å². The molecule has 1 aliphatic heterocycles. The van der Waals surface area contributed by atoms with E-state index in [9.17, 15) is 9.59 Å². The van der Waals surface area contributed by atoms with Crippen LogP contribution in [0.5, 0.6) is 0 Å². The Labute approximate surface area is 197 Å². The summed E-state index contributed by atoms with van der Waals surface area (Å²) in [6.07, 6.45) is 1.11. The Bertz CT molecular complexity index is 1390. The van der Waals surface area contributed by atoms with Crippen molar-refractivity contribution in [2.45, 2.75) is 18.6 Å². The van der Waals surface area contributed by atoms with E-state index in [1.807, 2.05) is 85.1 Å². The van der Waals surface area contributed by atoms with Crippen molar-refractivity contribution in [1.29, 1.82) is 0 Å². The molecule has 0 fully saturated rings. The van der Waals surface area contributed by atoms with Crippen LogP contribution in [0.2, 0.25) is 0 Å². The van der Waals surface area contributed by atoms with Gasteiger partial charge in [-0.2, -0.15) is 0 Å². The highest BCUT2D eigenvalue weighted by atomic mass is 16.2. The zero-order valence-corrected chi connectivity index (χ0v) is 18.7. The van der Waals surface area contributed by atoms with E-state index in [0.717, 1.165) is 33.3 Å². The molecule has 0 bridgehead atoms. The molecule has 1 aromatic heterocycles. The maximum Gasteiger partial charge on any atom is 0.272 e. The number of fused-ring (bicyclic) bond motifs is 2. The van der Waals surface area contributed by atoms with Gasteiger partial charge in [0.05, 0.1) is 17.4 Å². The van der Waals surface area contributed by atoms with Gasteiger partial charge in [-0.1, -0.05) is 66.7 Å². The van der Waals surface area contributed by atoms with Gasteiger partial charge >= 0.3 is 0 Å². The largest absolute Gasteiger partial charge is 0.361 e. The molecule has 34 heavy (non-hydrogen) atoms. The Kier molecular flexibility index (Phi) is 5.69. The Morgan fingerprint density at radius 3 is 2.59 bits per heavy atom.